The maximum Gasteiger partial charge on any atom is 0.573 e. The van der Waals surface area contributed by atoms with Crippen LogP contribution in [0.4, 0.5) is 18.0 Å². The quantitative estimate of drug-likeness (QED) is 0.298. The Balaban J connectivity index is 1.20. The summed E-state index contributed by atoms with van der Waals surface area (Å²) in [7, 11) is 0. The number of urea groups is 1. The van der Waals surface area contributed by atoms with Gasteiger partial charge in [0.05, 0.1) is 5.69 Å². The molecule has 2 amide bonds. The molecule has 2 fully saturated rings. The number of thioether (sulfide) groups is 1. The molecule has 0 radical (unpaired) electrons. The van der Waals surface area contributed by atoms with Gasteiger partial charge in [-0.2, -0.15) is 4.99 Å². The zero-order chi connectivity index (χ0) is 30.6. The van der Waals surface area contributed by atoms with Crippen molar-refractivity contribution >= 4 is 23.0 Å². The van der Waals surface area contributed by atoms with Gasteiger partial charge in [-0.05, 0) is 67.9 Å². The van der Waals surface area contributed by atoms with E-state index in [0.717, 1.165) is 34.9 Å². The number of aliphatic imine (C=N–C) groups is 1. The van der Waals surface area contributed by atoms with E-state index < -0.39 is 6.36 Å². The monoisotopic (exact) mass is 614 g/mol. The van der Waals surface area contributed by atoms with E-state index >= 15 is 0 Å². The second-order valence-electron chi connectivity index (χ2n) is 11.5. The summed E-state index contributed by atoms with van der Waals surface area (Å²) >= 11 is 1.68. The number of nitrogens with zero attached hydrogens (tertiary/aromatic N) is 5. The highest BCUT2D eigenvalue weighted by Gasteiger charge is 2.38. The van der Waals surface area contributed by atoms with Crippen LogP contribution in [0.5, 0.6) is 5.75 Å². The van der Waals surface area contributed by atoms with E-state index in [-0.39, 0.29) is 11.8 Å². The van der Waals surface area contributed by atoms with E-state index in [0.29, 0.717) is 42.0 Å². The van der Waals surface area contributed by atoms with Crippen LogP contribution in [0.3, 0.4) is 0 Å². The van der Waals surface area contributed by atoms with Gasteiger partial charge in [-0.15, -0.1) is 18.3 Å². The minimum absolute atomic E-state index is 0.306. The first-order valence-electron chi connectivity index (χ1n) is 14.7. The second-order valence-corrected chi connectivity index (χ2v) is 12.5. The van der Waals surface area contributed by atoms with Gasteiger partial charge in [-0.25, -0.2) is 14.5 Å². The fourth-order valence-electron chi connectivity index (χ4n) is 5.94. The summed E-state index contributed by atoms with van der Waals surface area (Å²) < 4.78 is 42.6. The topological polar surface area (TPSA) is 84.6 Å². The van der Waals surface area contributed by atoms with E-state index in [1.165, 1.54) is 54.5 Å². The lowest BCUT2D eigenvalue weighted by molar-refractivity contribution is -0.274. The van der Waals surface area contributed by atoms with Crippen LogP contribution in [0, 0.1) is 11.8 Å². The molecule has 1 saturated heterocycles. The molecule has 1 aliphatic carbocycles. The molecule has 3 aromatic rings. The summed E-state index contributed by atoms with van der Waals surface area (Å²) in [5.74, 6) is 2.33. The first-order chi connectivity index (χ1) is 20.6. The van der Waals surface area contributed by atoms with Crippen LogP contribution in [0.25, 0.3) is 17.1 Å². The molecule has 0 spiro atoms. The number of benzene rings is 2. The Labute approximate surface area is 254 Å². The van der Waals surface area contributed by atoms with Gasteiger partial charge in [0.1, 0.15) is 12.1 Å². The fraction of sp³-hybridized carbons (Fsp3) is 0.484. The number of rotatable bonds is 7. The van der Waals surface area contributed by atoms with Gasteiger partial charge < -0.3 is 15.0 Å². The molecule has 43 heavy (non-hydrogen) atoms. The smallest absolute Gasteiger partial charge is 0.406 e. The molecule has 2 heterocycles. The Kier molecular flexibility index (Phi) is 9.63. The molecule has 1 N–H and O–H groups in total. The molecule has 2 aromatic carbocycles. The summed E-state index contributed by atoms with van der Waals surface area (Å²) in [5.41, 5.74) is 2.22. The molecule has 1 aromatic heterocycles. The number of hydrogen-bond donors (Lipinski definition) is 1. The molecule has 3 unspecified atom stereocenters. The maximum atomic E-state index is 12.9. The summed E-state index contributed by atoms with van der Waals surface area (Å²) in [6, 6.07) is 13.4. The third-order valence-corrected chi connectivity index (χ3v) is 9.14. The van der Waals surface area contributed by atoms with Gasteiger partial charge >= 0.3 is 12.4 Å². The van der Waals surface area contributed by atoms with Crippen LogP contribution in [0.1, 0.15) is 58.4 Å². The normalized spacial score (nSPS) is 22.2. The lowest BCUT2D eigenvalue weighted by atomic mass is 9.76. The van der Waals surface area contributed by atoms with Crippen molar-refractivity contribution in [1.82, 2.24) is 25.0 Å². The molecule has 12 heteroatoms. The molecule has 3 atom stereocenters. The largest absolute Gasteiger partial charge is 0.573 e. The van der Waals surface area contributed by atoms with E-state index in [1.807, 2.05) is 24.3 Å². The van der Waals surface area contributed by atoms with Gasteiger partial charge in [0.25, 0.3) is 0 Å². The summed E-state index contributed by atoms with van der Waals surface area (Å²) in [6.45, 7) is 7.20. The number of amides is 2. The van der Waals surface area contributed by atoms with Gasteiger partial charge in [0.2, 0.25) is 0 Å². The van der Waals surface area contributed by atoms with Crippen molar-refractivity contribution in [1.29, 1.82) is 0 Å². The number of halogens is 3. The molecule has 1 aliphatic heterocycles. The number of aromatic nitrogens is 3. The highest BCUT2D eigenvalue weighted by Crippen LogP contribution is 2.38. The first kappa shape index (κ1) is 30.9. The third kappa shape index (κ3) is 7.90. The molecule has 2 aliphatic rings. The van der Waals surface area contributed by atoms with E-state index in [9.17, 15) is 18.0 Å². The Bertz CT molecular complexity index is 1410. The van der Waals surface area contributed by atoms with Crippen LogP contribution in [-0.2, 0) is 6.54 Å². The van der Waals surface area contributed by atoms with Gasteiger partial charge in [-0.1, -0.05) is 62.7 Å². The SMILES string of the molecule is CC(C)C1CCCCC1N1C(=NC(=O)NCc2ccc(-c3ncn(-c4ccc(OC(F)(F)F)cc4)n3)cc2)SCCC1C. The van der Waals surface area contributed by atoms with Gasteiger partial charge in [-0.3, -0.25) is 0 Å². The Morgan fingerprint density at radius 1 is 1.09 bits per heavy atom. The first-order valence-corrected chi connectivity index (χ1v) is 15.7. The Morgan fingerprint density at radius 2 is 1.81 bits per heavy atom. The number of nitrogens with one attached hydrogen (secondary N) is 1. The van der Waals surface area contributed by atoms with Crippen LogP contribution in [-0.4, -0.2) is 55.1 Å². The molecular weight excluding hydrogens is 577 g/mol. The van der Waals surface area contributed by atoms with Crippen molar-refractivity contribution in [3.63, 3.8) is 0 Å². The maximum absolute atomic E-state index is 12.9. The Hall–Kier alpha value is -3.54. The van der Waals surface area contributed by atoms with Crippen molar-refractivity contribution < 1.29 is 22.7 Å². The van der Waals surface area contributed by atoms with E-state index in [2.05, 4.69) is 50.8 Å². The summed E-state index contributed by atoms with van der Waals surface area (Å²) in [5, 5.41) is 8.22. The average molecular weight is 615 g/mol. The molecular formula is C31H37F3N6O2S. The summed E-state index contributed by atoms with van der Waals surface area (Å²) in [6.07, 6.45) is 2.72. The average Bonchev–Trinajstić information content (AvgIpc) is 3.46. The van der Waals surface area contributed by atoms with Crippen LogP contribution < -0.4 is 10.1 Å². The minimum Gasteiger partial charge on any atom is -0.406 e. The fourth-order valence-corrected chi connectivity index (χ4v) is 7.19. The number of amidine groups is 1. The van der Waals surface area contributed by atoms with Gasteiger partial charge in [0, 0.05) is 29.9 Å². The van der Waals surface area contributed by atoms with E-state index in [4.69, 9.17) is 0 Å². The van der Waals surface area contributed by atoms with Gasteiger partial charge in [0.15, 0.2) is 11.0 Å². The van der Waals surface area contributed by atoms with E-state index in [1.54, 1.807) is 11.8 Å². The minimum atomic E-state index is -4.75. The molecule has 5 rings (SSSR count). The van der Waals surface area contributed by atoms with Crippen LogP contribution in [0.2, 0.25) is 0 Å². The third-order valence-electron chi connectivity index (χ3n) is 8.14. The number of carbonyl (C=O) groups excluding carboxylic acids is 1. The number of hydrogen-bond acceptors (Lipinski definition) is 5. The zero-order valence-corrected chi connectivity index (χ0v) is 25.4. The van der Waals surface area contributed by atoms with Crippen molar-refractivity contribution in [2.45, 2.75) is 77.9 Å². The predicted octanol–water partition coefficient (Wildman–Crippen LogP) is 7.44. The number of carbonyl (C=O) groups is 1. The highest BCUT2D eigenvalue weighted by atomic mass is 32.2. The van der Waals surface area contributed by atoms with Crippen molar-refractivity contribution in [3.05, 3.63) is 60.4 Å². The second kappa shape index (κ2) is 13.4. The van der Waals surface area contributed by atoms with Crippen molar-refractivity contribution in [3.8, 4) is 22.8 Å². The van der Waals surface area contributed by atoms with Crippen LogP contribution in [0.15, 0.2) is 59.9 Å². The molecule has 1 saturated carbocycles. The highest BCUT2D eigenvalue weighted by molar-refractivity contribution is 8.13. The van der Waals surface area contributed by atoms with Crippen molar-refractivity contribution in [2.75, 3.05) is 5.75 Å². The molecule has 8 nitrogen and oxygen atoms in total. The Morgan fingerprint density at radius 3 is 2.51 bits per heavy atom. The lowest BCUT2D eigenvalue weighted by Gasteiger charge is -2.47. The zero-order valence-electron chi connectivity index (χ0n) is 24.6. The van der Waals surface area contributed by atoms with Crippen LogP contribution >= 0.6 is 11.8 Å². The molecule has 230 valence electrons. The standard InChI is InChI=1S/C31H37F3N6O2S/c1-20(2)26-6-4-5-7-27(26)40-21(3)16-17-43-30(40)37-29(41)35-18-22-8-10-23(11-9-22)28-36-19-39(38-28)24-12-14-25(15-13-24)42-31(32,33)34/h8-15,19-21,26-27H,4-7,16-18H2,1-3H3,(H,35,41). The number of alkyl halides is 3. The van der Waals surface area contributed by atoms with Crippen molar-refractivity contribution in [2.24, 2.45) is 16.8 Å². The molecule has 0 bridgehead atoms. The predicted molar refractivity (Wildman–Crippen MR) is 162 cm³/mol. The number of ether oxygens (including phenoxy) is 1. The lowest BCUT2D eigenvalue weighted by Crippen LogP contribution is -2.53. The summed E-state index contributed by atoms with van der Waals surface area (Å²) in [4.78, 5) is 24.2.